The van der Waals surface area contributed by atoms with Gasteiger partial charge >= 0.3 is 0 Å². The zero-order chi connectivity index (χ0) is 12.8. The van der Waals surface area contributed by atoms with Crippen LogP contribution in [0.2, 0.25) is 0 Å². The highest BCUT2D eigenvalue weighted by molar-refractivity contribution is 5.76. The SMILES string of the molecule is Cc1cc(C)cc(CCC(=O)NC(C)CO)c1. The van der Waals surface area contributed by atoms with Gasteiger partial charge in [-0.25, -0.2) is 0 Å². The minimum absolute atomic E-state index is 0.00860. The second-order valence-electron chi connectivity index (χ2n) is 4.65. The smallest absolute Gasteiger partial charge is 0.220 e. The van der Waals surface area contributed by atoms with Gasteiger partial charge in [0.2, 0.25) is 5.91 Å². The van der Waals surface area contributed by atoms with E-state index in [9.17, 15) is 4.79 Å². The van der Waals surface area contributed by atoms with E-state index < -0.39 is 0 Å². The molecule has 0 fully saturated rings. The van der Waals surface area contributed by atoms with E-state index in [-0.39, 0.29) is 18.6 Å². The first-order valence-electron chi connectivity index (χ1n) is 5.98. The first-order chi connectivity index (χ1) is 8.01. The lowest BCUT2D eigenvalue weighted by Crippen LogP contribution is -2.35. The monoisotopic (exact) mass is 235 g/mol. The summed E-state index contributed by atoms with van der Waals surface area (Å²) in [5.74, 6) is -0.00860. The van der Waals surface area contributed by atoms with Gasteiger partial charge in [-0.15, -0.1) is 0 Å². The molecule has 0 aliphatic rings. The molecular weight excluding hydrogens is 214 g/mol. The summed E-state index contributed by atoms with van der Waals surface area (Å²) in [6.45, 7) is 5.89. The minimum atomic E-state index is -0.165. The van der Waals surface area contributed by atoms with E-state index in [2.05, 4.69) is 37.4 Å². The molecule has 0 spiro atoms. The van der Waals surface area contributed by atoms with E-state index in [4.69, 9.17) is 5.11 Å². The summed E-state index contributed by atoms with van der Waals surface area (Å²) in [6, 6.07) is 6.17. The molecule has 3 heteroatoms. The molecule has 1 amide bonds. The standard InChI is InChI=1S/C14H21NO2/c1-10-6-11(2)8-13(7-10)4-5-14(17)15-12(3)9-16/h6-8,12,16H,4-5,9H2,1-3H3,(H,15,17). The van der Waals surface area contributed by atoms with Crippen molar-refractivity contribution < 1.29 is 9.90 Å². The zero-order valence-corrected chi connectivity index (χ0v) is 10.8. The maximum atomic E-state index is 11.5. The Balaban J connectivity index is 2.47. The summed E-state index contributed by atoms with van der Waals surface area (Å²) in [7, 11) is 0. The van der Waals surface area contributed by atoms with E-state index >= 15 is 0 Å². The average Bonchev–Trinajstić information content (AvgIpc) is 2.25. The number of hydrogen-bond donors (Lipinski definition) is 2. The molecule has 0 aliphatic carbocycles. The molecule has 1 aromatic carbocycles. The zero-order valence-electron chi connectivity index (χ0n) is 10.8. The second kappa shape index (κ2) is 6.40. The van der Waals surface area contributed by atoms with Gasteiger partial charge in [0.1, 0.15) is 0 Å². The Kier molecular flexibility index (Phi) is 5.16. The quantitative estimate of drug-likeness (QED) is 0.816. The fourth-order valence-electron chi connectivity index (χ4n) is 1.86. The predicted octanol–water partition coefficient (Wildman–Crippen LogP) is 1.73. The van der Waals surface area contributed by atoms with Crippen molar-refractivity contribution in [2.75, 3.05) is 6.61 Å². The van der Waals surface area contributed by atoms with Crippen molar-refractivity contribution in [2.24, 2.45) is 0 Å². The number of carbonyl (C=O) groups is 1. The summed E-state index contributed by atoms with van der Waals surface area (Å²) in [5.41, 5.74) is 3.64. The topological polar surface area (TPSA) is 49.3 Å². The van der Waals surface area contributed by atoms with Gasteiger partial charge < -0.3 is 10.4 Å². The normalized spacial score (nSPS) is 12.2. The molecule has 1 rings (SSSR count). The van der Waals surface area contributed by atoms with Crippen molar-refractivity contribution in [3.8, 4) is 0 Å². The van der Waals surface area contributed by atoms with Crippen molar-refractivity contribution in [3.05, 3.63) is 34.9 Å². The Hall–Kier alpha value is -1.35. The lowest BCUT2D eigenvalue weighted by atomic mass is 10.0. The van der Waals surface area contributed by atoms with Gasteiger partial charge in [-0.2, -0.15) is 0 Å². The van der Waals surface area contributed by atoms with E-state index in [0.717, 1.165) is 6.42 Å². The Morgan fingerprint density at radius 2 is 1.88 bits per heavy atom. The summed E-state index contributed by atoms with van der Waals surface area (Å²) in [5, 5.41) is 11.6. The predicted molar refractivity (Wildman–Crippen MR) is 68.9 cm³/mol. The maximum absolute atomic E-state index is 11.5. The van der Waals surface area contributed by atoms with Crippen molar-refractivity contribution in [1.29, 1.82) is 0 Å². The molecule has 1 atom stereocenters. The van der Waals surface area contributed by atoms with Crippen LogP contribution in [0.5, 0.6) is 0 Å². The van der Waals surface area contributed by atoms with Crippen molar-refractivity contribution in [1.82, 2.24) is 5.32 Å². The Morgan fingerprint density at radius 1 is 1.29 bits per heavy atom. The van der Waals surface area contributed by atoms with E-state index in [1.165, 1.54) is 16.7 Å². The third-order valence-corrected chi connectivity index (χ3v) is 2.60. The number of amides is 1. The van der Waals surface area contributed by atoms with Gasteiger partial charge in [0.15, 0.2) is 0 Å². The molecular formula is C14H21NO2. The number of aryl methyl sites for hydroxylation is 3. The molecule has 0 bridgehead atoms. The van der Waals surface area contributed by atoms with Gasteiger partial charge in [-0.05, 0) is 32.8 Å². The van der Waals surface area contributed by atoms with Crippen LogP contribution in [0.15, 0.2) is 18.2 Å². The van der Waals surface area contributed by atoms with Crippen LogP contribution in [0, 0.1) is 13.8 Å². The van der Waals surface area contributed by atoms with E-state index in [1.54, 1.807) is 6.92 Å². The lowest BCUT2D eigenvalue weighted by Gasteiger charge is -2.11. The number of nitrogens with one attached hydrogen (secondary N) is 1. The van der Waals surface area contributed by atoms with Gasteiger partial charge in [-0.1, -0.05) is 29.3 Å². The van der Waals surface area contributed by atoms with Crippen molar-refractivity contribution in [3.63, 3.8) is 0 Å². The Morgan fingerprint density at radius 3 is 2.41 bits per heavy atom. The van der Waals surface area contributed by atoms with Crippen molar-refractivity contribution >= 4 is 5.91 Å². The van der Waals surface area contributed by atoms with Crippen LogP contribution < -0.4 is 5.32 Å². The molecule has 94 valence electrons. The largest absolute Gasteiger partial charge is 0.394 e. The fourth-order valence-corrected chi connectivity index (χ4v) is 1.86. The van der Waals surface area contributed by atoms with Crippen LogP contribution in [0.4, 0.5) is 0 Å². The summed E-state index contributed by atoms with van der Waals surface area (Å²) < 4.78 is 0. The highest BCUT2D eigenvalue weighted by Gasteiger charge is 2.06. The lowest BCUT2D eigenvalue weighted by molar-refractivity contribution is -0.121. The summed E-state index contributed by atoms with van der Waals surface area (Å²) in [4.78, 5) is 11.5. The molecule has 2 N–H and O–H groups in total. The third-order valence-electron chi connectivity index (χ3n) is 2.60. The molecule has 0 saturated heterocycles. The van der Waals surface area contributed by atoms with Crippen LogP contribution in [0.3, 0.4) is 0 Å². The average molecular weight is 235 g/mol. The number of rotatable bonds is 5. The van der Waals surface area contributed by atoms with Gasteiger partial charge in [0.25, 0.3) is 0 Å². The maximum Gasteiger partial charge on any atom is 0.220 e. The molecule has 0 saturated carbocycles. The number of carbonyl (C=O) groups excluding carboxylic acids is 1. The number of hydrogen-bond acceptors (Lipinski definition) is 2. The van der Waals surface area contributed by atoms with Gasteiger partial charge in [0, 0.05) is 12.5 Å². The third kappa shape index (κ3) is 5.00. The molecule has 0 aliphatic heterocycles. The van der Waals surface area contributed by atoms with Gasteiger partial charge in [-0.3, -0.25) is 4.79 Å². The molecule has 1 unspecified atom stereocenters. The summed E-state index contributed by atoms with van der Waals surface area (Å²) in [6.07, 6.45) is 1.21. The van der Waals surface area contributed by atoms with Crippen LogP contribution in [0.1, 0.15) is 30.0 Å². The Labute approximate surface area is 103 Å². The molecule has 17 heavy (non-hydrogen) atoms. The molecule has 0 aromatic heterocycles. The van der Waals surface area contributed by atoms with Crippen LogP contribution in [-0.4, -0.2) is 23.7 Å². The number of aliphatic hydroxyl groups is 1. The molecule has 1 aromatic rings. The second-order valence-corrected chi connectivity index (χ2v) is 4.65. The van der Waals surface area contributed by atoms with Crippen molar-refractivity contribution in [2.45, 2.75) is 39.7 Å². The first kappa shape index (κ1) is 13.7. The fraction of sp³-hybridized carbons (Fsp3) is 0.500. The van der Waals surface area contributed by atoms with Gasteiger partial charge in [0.05, 0.1) is 6.61 Å². The highest BCUT2D eigenvalue weighted by atomic mass is 16.3. The number of aliphatic hydroxyl groups excluding tert-OH is 1. The van der Waals surface area contributed by atoms with E-state index in [0.29, 0.717) is 6.42 Å². The van der Waals surface area contributed by atoms with Crippen LogP contribution >= 0.6 is 0 Å². The van der Waals surface area contributed by atoms with Crippen LogP contribution in [0.25, 0.3) is 0 Å². The summed E-state index contributed by atoms with van der Waals surface area (Å²) >= 11 is 0. The first-order valence-corrected chi connectivity index (χ1v) is 5.98. The van der Waals surface area contributed by atoms with E-state index in [1.807, 2.05) is 0 Å². The molecule has 0 radical (unpaired) electrons. The minimum Gasteiger partial charge on any atom is -0.394 e. The Bertz CT molecular complexity index is 368. The highest BCUT2D eigenvalue weighted by Crippen LogP contribution is 2.10. The molecule has 0 heterocycles. The van der Waals surface area contributed by atoms with Crippen LogP contribution in [-0.2, 0) is 11.2 Å². The molecule has 3 nitrogen and oxygen atoms in total. The number of benzene rings is 1.